The van der Waals surface area contributed by atoms with Crippen molar-refractivity contribution in [2.75, 3.05) is 13.7 Å². The second-order valence-corrected chi connectivity index (χ2v) is 12.8. The van der Waals surface area contributed by atoms with Gasteiger partial charge in [-0.15, -0.1) is 0 Å². The molecular formula is C35H43NO12. The van der Waals surface area contributed by atoms with E-state index in [9.17, 15) is 39.6 Å². The summed E-state index contributed by atoms with van der Waals surface area (Å²) in [6.45, 7) is 2.90. The Morgan fingerprint density at radius 2 is 1.75 bits per heavy atom. The number of hydrogen-bond acceptors (Lipinski definition) is 13. The van der Waals surface area contributed by atoms with Crippen LogP contribution < -0.4 is 10.5 Å². The molecule has 1 saturated heterocycles. The van der Waals surface area contributed by atoms with Gasteiger partial charge in [0.25, 0.3) is 0 Å². The molecule has 1 fully saturated rings. The first-order valence-electron chi connectivity index (χ1n) is 16.4. The third kappa shape index (κ3) is 6.57. The zero-order valence-electron chi connectivity index (χ0n) is 27.3. The molecule has 0 amide bonds. The Morgan fingerprint density at radius 3 is 2.44 bits per heavy atom. The van der Waals surface area contributed by atoms with Gasteiger partial charge >= 0.3 is 5.97 Å². The minimum Gasteiger partial charge on any atom is -0.507 e. The first-order chi connectivity index (χ1) is 22.8. The maximum absolute atomic E-state index is 13.9. The molecule has 1 heterocycles. The number of ketones is 3. The SMILES string of the molecule is CCCCCCCC(=O)OCC(=O)C1(O)Cc2c(O)c3c(c(O)c2C(OC2CC(N)C(O)C(C)O2)C1)C(=O)c1c(OC)cccc1C3=O. The lowest BCUT2D eigenvalue weighted by Gasteiger charge is -2.42. The van der Waals surface area contributed by atoms with Crippen molar-refractivity contribution in [3.63, 3.8) is 0 Å². The summed E-state index contributed by atoms with van der Waals surface area (Å²) >= 11 is 0. The van der Waals surface area contributed by atoms with Gasteiger partial charge in [0.1, 0.15) is 22.8 Å². The molecule has 260 valence electrons. The molecule has 0 bridgehead atoms. The minimum atomic E-state index is -2.29. The van der Waals surface area contributed by atoms with E-state index in [-0.39, 0.29) is 40.8 Å². The Kier molecular flexibility index (Phi) is 10.6. The highest BCUT2D eigenvalue weighted by molar-refractivity contribution is 6.31. The average Bonchev–Trinajstić information content (AvgIpc) is 3.05. The predicted molar refractivity (Wildman–Crippen MR) is 169 cm³/mol. The molecule has 1 aliphatic heterocycles. The van der Waals surface area contributed by atoms with Crippen molar-refractivity contribution in [3.05, 3.63) is 51.6 Å². The first-order valence-corrected chi connectivity index (χ1v) is 16.4. The lowest BCUT2D eigenvalue weighted by atomic mass is 9.72. The third-order valence-corrected chi connectivity index (χ3v) is 9.51. The molecule has 6 N–H and O–H groups in total. The number of Topliss-reactive ketones (excluding diaryl/α,β-unsaturated/α-hetero) is 1. The van der Waals surface area contributed by atoms with E-state index in [1.807, 2.05) is 0 Å². The predicted octanol–water partition coefficient (Wildman–Crippen LogP) is 2.91. The number of rotatable bonds is 12. The Balaban J connectivity index is 1.51. The van der Waals surface area contributed by atoms with Crippen LogP contribution in [0.25, 0.3) is 0 Å². The van der Waals surface area contributed by atoms with E-state index in [0.717, 1.165) is 25.7 Å². The average molecular weight is 670 g/mol. The van der Waals surface area contributed by atoms with Crippen LogP contribution in [0.15, 0.2) is 18.2 Å². The number of aromatic hydroxyl groups is 2. The number of esters is 1. The first kappa shape index (κ1) is 35.4. The maximum Gasteiger partial charge on any atom is 0.306 e. The number of nitrogens with two attached hydrogens (primary N) is 1. The van der Waals surface area contributed by atoms with Crippen molar-refractivity contribution in [2.45, 2.75) is 108 Å². The fraction of sp³-hybridized carbons (Fsp3) is 0.543. The van der Waals surface area contributed by atoms with E-state index in [0.29, 0.717) is 6.42 Å². The number of carbonyl (C=O) groups is 4. The lowest BCUT2D eigenvalue weighted by Crippen LogP contribution is -2.53. The van der Waals surface area contributed by atoms with Crippen LogP contribution in [0.3, 0.4) is 0 Å². The smallest absolute Gasteiger partial charge is 0.306 e. The summed E-state index contributed by atoms with van der Waals surface area (Å²) < 4.78 is 22.5. The summed E-state index contributed by atoms with van der Waals surface area (Å²) in [4.78, 5) is 53.5. The highest BCUT2D eigenvalue weighted by Crippen LogP contribution is 2.52. The molecule has 0 radical (unpaired) electrons. The molecule has 3 aliphatic rings. The standard InChI is InChI=1S/C35H43NO12/c1-4-5-6-7-8-12-24(38)46-16-23(37)35(44)14-19-27(22(15-35)48-25-13-20(36)30(39)17(2)47-25)34(43)29-28(32(19)41)31(40)18-10-9-11-21(45-3)26(18)33(29)42/h9-11,17,20,22,25,30,39,41,43-44H,4-8,12-16,36H2,1-3H3. The molecule has 48 heavy (non-hydrogen) atoms. The summed E-state index contributed by atoms with van der Waals surface area (Å²) in [7, 11) is 1.33. The number of ether oxygens (including phenoxy) is 4. The van der Waals surface area contributed by atoms with Gasteiger partial charge in [0.05, 0.1) is 42.1 Å². The summed E-state index contributed by atoms with van der Waals surface area (Å²) in [6.07, 6.45) is -0.679. The Labute approximate surface area is 277 Å². The van der Waals surface area contributed by atoms with Crippen molar-refractivity contribution >= 4 is 23.3 Å². The number of phenols is 2. The molecule has 6 unspecified atom stereocenters. The Morgan fingerprint density at radius 1 is 1.04 bits per heavy atom. The van der Waals surface area contributed by atoms with Crippen LogP contribution in [-0.2, 0) is 30.2 Å². The van der Waals surface area contributed by atoms with Crippen LogP contribution >= 0.6 is 0 Å². The van der Waals surface area contributed by atoms with Crippen molar-refractivity contribution < 1.29 is 58.6 Å². The quantitative estimate of drug-likeness (QED) is 0.107. The number of aliphatic hydroxyl groups excluding tert-OH is 1. The van der Waals surface area contributed by atoms with Crippen LogP contribution in [0.4, 0.5) is 0 Å². The molecule has 13 nitrogen and oxygen atoms in total. The van der Waals surface area contributed by atoms with Crippen LogP contribution in [-0.4, -0.2) is 87.6 Å². The van der Waals surface area contributed by atoms with Gasteiger partial charge in [0.2, 0.25) is 11.6 Å². The topological polar surface area (TPSA) is 212 Å². The summed E-state index contributed by atoms with van der Waals surface area (Å²) in [5, 5.41) is 45.4. The molecule has 2 aromatic rings. The number of hydrogen-bond donors (Lipinski definition) is 5. The van der Waals surface area contributed by atoms with E-state index in [1.54, 1.807) is 6.92 Å². The van der Waals surface area contributed by atoms with E-state index in [1.165, 1.54) is 25.3 Å². The van der Waals surface area contributed by atoms with Gasteiger partial charge in [-0.25, -0.2) is 0 Å². The number of phenolic OH excluding ortho intramolecular Hbond substituents is 2. The second kappa shape index (κ2) is 14.3. The van der Waals surface area contributed by atoms with Crippen molar-refractivity contribution in [1.82, 2.24) is 0 Å². The van der Waals surface area contributed by atoms with Crippen molar-refractivity contribution in [1.29, 1.82) is 0 Å². The number of fused-ring (bicyclic) bond motifs is 3. The van der Waals surface area contributed by atoms with Gasteiger partial charge in [-0.3, -0.25) is 19.2 Å². The summed E-state index contributed by atoms with van der Waals surface area (Å²) in [5.41, 5.74) is 2.37. The minimum absolute atomic E-state index is 0.000735. The molecule has 0 aromatic heterocycles. The number of unbranched alkanes of at least 4 members (excludes halogenated alkanes) is 4. The van der Waals surface area contributed by atoms with Crippen molar-refractivity contribution in [2.24, 2.45) is 5.73 Å². The molecule has 2 aliphatic carbocycles. The fourth-order valence-corrected chi connectivity index (χ4v) is 6.83. The second-order valence-electron chi connectivity index (χ2n) is 12.8. The largest absolute Gasteiger partial charge is 0.507 e. The van der Waals surface area contributed by atoms with Crippen LogP contribution in [0.1, 0.15) is 114 Å². The van der Waals surface area contributed by atoms with Gasteiger partial charge in [-0.1, -0.05) is 44.7 Å². The fourth-order valence-electron chi connectivity index (χ4n) is 6.83. The van der Waals surface area contributed by atoms with Gasteiger partial charge < -0.3 is 45.1 Å². The highest BCUT2D eigenvalue weighted by atomic mass is 16.7. The zero-order valence-corrected chi connectivity index (χ0v) is 27.3. The Bertz CT molecular complexity index is 1590. The summed E-state index contributed by atoms with van der Waals surface area (Å²) in [6, 6.07) is 3.63. The molecule has 0 spiro atoms. The molecule has 13 heteroatoms. The van der Waals surface area contributed by atoms with Gasteiger partial charge in [0.15, 0.2) is 18.7 Å². The molecule has 6 atom stereocenters. The van der Waals surface area contributed by atoms with E-state index >= 15 is 0 Å². The number of carbonyl (C=O) groups excluding carboxylic acids is 4. The van der Waals surface area contributed by atoms with Crippen LogP contribution in [0, 0.1) is 0 Å². The normalized spacial score (nSPS) is 26.3. The molecule has 2 aromatic carbocycles. The molecule has 5 rings (SSSR count). The monoisotopic (exact) mass is 669 g/mol. The number of aliphatic hydroxyl groups is 2. The zero-order chi connectivity index (χ0) is 34.9. The third-order valence-electron chi connectivity index (χ3n) is 9.51. The molecule has 0 saturated carbocycles. The van der Waals surface area contributed by atoms with Gasteiger partial charge in [-0.2, -0.15) is 0 Å². The van der Waals surface area contributed by atoms with E-state index < -0.39 is 102 Å². The lowest BCUT2D eigenvalue weighted by molar-refractivity contribution is -0.247. The van der Waals surface area contributed by atoms with Crippen molar-refractivity contribution in [3.8, 4) is 17.2 Å². The van der Waals surface area contributed by atoms with E-state index in [4.69, 9.17) is 24.7 Å². The highest BCUT2D eigenvalue weighted by Gasteiger charge is 2.50. The maximum atomic E-state index is 13.9. The van der Waals surface area contributed by atoms with E-state index in [2.05, 4.69) is 6.92 Å². The number of methoxy groups -OCH3 is 1. The van der Waals surface area contributed by atoms with Crippen LogP contribution in [0.5, 0.6) is 17.2 Å². The molecular weight excluding hydrogens is 626 g/mol. The van der Waals surface area contributed by atoms with Gasteiger partial charge in [0, 0.05) is 48.4 Å². The van der Waals surface area contributed by atoms with Crippen LogP contribution in [0.2, 0.25) is 0 Å². The summed E-state index contributed by atoms with van der Waals surface area (Å²) in [5.74, 6) is -4.33. The number of benzene rings is 2. The Hall–Kier alpha value is -3.88. The van der Waals surface area contributed by atoms with Gasteiger partial charge in [-0.05, 0) is 19.4 Å².